The van der Waals surface area contributed by atoms with Crippen molar-refractivity contribution in [3.63, 3.8) is 0 Å². The first kappa shape index (κ1) is 20.1. The molecule has 2 aromatic heterocycles. The Morgan fingerprint density at radius 1 is 1.13 bits per heavy atom. The molecule has 0 aliphatic heterocycles. The molecule has 0 saturated heterocycles. The number of hydrogen-bond acceptors (Lipinski definition) is 5. The van der Waals surface area contributed by atoms with Crippen LogP contribution in [0.25, 0.3) is 32.1 Å². The predicted octanol–water partition coefficient (Wildman–Crippen LogP) is 4.81. The lowest BCUT2D eigenvalue weighted by molar-refractivity contribution is 0.262. The lowest BCUT2D eigenvalue weighted by atomic mass is 9.96. The highest BCUT2D eigenvalue weighted by molar-refractivity contribution is 7.17. The number of nitriles is 1. The van der Waals surface area contributed by atoms with E-state index in [1.165, 1.54) is 11.3 Å². The van der Waals surface area contributed by atoms with Gasteiger partial charge in [-0.3, -0.25) is 4.79 Å². The van der Waals surface area contributed by atoms with Gasteiger partial charge in [-0.2, -0.15) is 5.26 Å². The van der Waals surface area contributed by atoms with Gasteiger partial charge < -0.3 is 14.6 Å². The minimum atomic E-state index is -0.0634. The molecular formula is C24H23N3O2S. The number of aromatic nitrogens is 1. The first-order chi connectivity index (χ1) is 14.6. The smallest absolute Gasteiger partial charge is 0.266 e. The zero-order valence-corrected chi connectivity index (χ0v) is 17.9. The van der Waals surface area contributed by atoms with Crippen LogP contribution in [0.1, 0.15) is 12.0 Å². The summed E-state index contributed by atoms with van der Waals surface area (Å²) in [4.78, 5) is 17.6. The average Bonchev–Trinajstić information content (AvgIpc) is 3.23. The largest absolute Gasteiger partial charge is 0.492 e. The first-order valence-corrected chi connectivity index (χ1v) is 10.8. The standard InChI is InChI=1S/C24H23N3O2S/c1-27(2)13-14-29-20-10-9-19-22(18-11-15-30-23(18)24(28)26-19)21(20)17-7-5-16(6-8-17)4-3-12-25/h5-11,15H,3-4,13-14H2,1-2H3,(H,26,28). The maximum Gasteiger partial charge on any atom is 0.266 e. The fraction of sp³-hybridized carbons (Fsp3) is 0.250. The molecule has 0 aliphatic rings. The van der Waals surface area contributed by atoms with Gasteiger partial charge >= 0.3 is 0 Å². The molecule has 6 heteroatoms. The summed E-state index contributed by atoms with van der Waals surface area (Å²) in [5, 5.41) is 12.7. The van der Waals surface area contributed by atoms with Crippen molar-refractivity contribution in [3.8, 4) is 22.9 Å². The van der Waals surface area contributed by atoms with Crippen LogP contribution < -0.4 is 10.3 Å². The van der Waals surface area contributed by atoms with E-state index in [0.29, 0.717) is 13.0 Å². The maximum absolute atomic E-state index is 12.5. The minimum absolute atomic E-state index is 0.0634. The average molecular weight is 418 g/mol. The fourth-order valence-electron chi connectivity index (χ4n) is 3.61. The van der Waals surface area contributed by atoms with Gasteiger partial charge in [-0.1, -0.05) is 24.3 Å². The van der Waals surface area contributed by atoms with E-state index in [1.807, 2.05) is 37.7 Å². The van der Waals surface area contributed by atoms with Crippen LogP contribution >= 0.6 is 11.3 Å². The quantitative estimate of drug-likeness (QED) is 0.469. The van der Waals surface area contributed by atoms with E-state index in [0.717, 1.165) is 56.4 Å². The maximum atomic E-state index is 12.5. The highest BCUT2D eigenvalue weighted by Gasteiger charge is 2.16. The number of rotatable bonds is 7. The lowest BCUT2D eigenvalue weighted by Crippen LogP contribution is -2.19. The van der Waals surface area contributed by atoms with E-state index < -0.39 is 0 Å². The van der Waals surface area contributed by atoms with Gasteiger partial charge in [0.2, 0.25) is 0 Å². The van der Waals surface area contributed by atoms with Crippen LogP contribution in [0, 0.1) is 11.3 Å². The molecule has 0 amide bonds. The van der Waals surface area contributed by atoms with E-state index in [9.17, 15) is 4.79 Å². The van der Waals surface area contributed by atoms with Gasteiger partial charge in [-0.15, -0.1) is 11.3 Å². The lowest BCUT2D eigenvalue weighted by Gasteiger charge is -2.17. The number of aryl methyl sites for hydroxylation is 1. The van der Waals surface area contributed by atoms with Gasteiger partial charge in [0.15, 0.2) is 0 Å². The van der Waals surface area contributed by atoms with Crippen molar-refractivity contribution in [2.75, 3.05) is 27.2 Å². The van der Waals surface area contributed by atoms with Gasteiger partial charge in [0.05, 0.1) is 6.07 Å². The Bertz CT molecular complexity index is 1280. The van der Waals surface area contributed by atoms with E-state index in [2.05, 4.69) is 40.2 Å². The van der Waals surface area contributed by atoms with Crippen molar-refractivity contribution in [3.05, 3.63) is 63.8 Å². The molecule has 0 bridgehead atoms. The molecule has 5 nitrogen and oxygen atoms in total. The summed E-state index contributed by atoms with van der Waals surface area (Å²) in [6.07, 6.45) is 1.24. The molecule has 30 heavy (non-hydrogen) atoms. The van der Waals surface area contributed by atoms with E-state index in [-0.39, 0.29) is 5.56 Å². The molecule has 0 radical (unpaired) electrons. The summed E-state index contributed by atoms with van der Waals surface area (Å²) >= 11 is 1.45. The summed E-state index contributed by atoms with van der Waals surface area (Å²) in [5.41, 5.74) is 3.88. The molecular weight excluding hydrogens is 394 g/mol. The zero-order valence-electron chi connectivity index (χ0n) is 17.1. The van der Waals surface area contributed by atoms with Crippen LogP contribution in [-0.2, 0) is 6.42 Å². The molecule has 0 spiro atoms. The number of benzene rings is 2. The number of fused-ring (bicyclic) bond motifs is 3. The Kier molecular flexibility index (Phi) is 5.84. The van der Waals surface area contributed by atoms with Crippen LogP contribution in [0.15, 0.2) is 52.6 Å². The summed E-state index contributed by atoms with van der Waals surface area (Å²) in [6, 6.07) is 16.3. The fourth-order valence-corrected chi connectivity index (χ4v) is 4.41. The molecule has 2 heterocycles. The number of pyridine rings is 1. The third kappa shape index (κ3) is 3.95. The number of ether oxygens (including phenoxy) is 1. The number of H-pyrrole nitrogens is 1. The van der Waals surface area contributed by atoms with Crippen molar-refractivity contribution in [1.82, 2.24) is 9.88 Å². The van der Waals surface area contributed by atoms with Crippen molar-refractivity contribution >= 4 is 32.3 Å². The normalized spacial score (nSPS) is 11.3. The van der Waals surface area contributed by atoms with Gasteiger partial charge in [0.25, 0.3) is 5.56 Å². The van der Waals surface area contributed by atoms with E-state index in [1.54, 1.807) is 0 Å². The van der Waals surface area contributed by atoms with Gasteiger partial charge in [-0.25, -0.2) is 0 Å². The summed E-state index contributed by atoms with van der Waals surface area (Å²) in [5.74, 6) is 0.800. The molecule has 0 saturated carbocycles. The van der Waals surface area contributed by atoms with Crippen molar-refractivity contribution < 1.29 is 4.74 Å². The Balaban J connectivity index is 1.90. The van der Waals surface area contributed by atoms with Gasteiger partial charge in [0.1, 0.15) is 17.1 Å². The summed E-state index contributed by atoms with van der Waals surface area (Å²) < 4.78 is 6.91. The Hall–Kier alpha value is -3.14. The van der Waals surface area contributed by atoms with Crippen LogP contribution in [0.3, 0.4) is 0 Å². The Labute approximate surface area is 179 Å². The predicted molar refractivity (Wildman–Crippen MR) is 123 cm³/mol. The van der Waals surface area contributed by atoms with Crippen LogP contribution in [-0.4, -0.2) is 37.1 Å². The molecule has 152 valence electrons. The van der Waals surface area contributed by atoms with Crippen LogP contribution in [0.2, 0.25) is 0 Å². The molecule has 0 fully saturated rings. The van der Waals surface area contributed by atoms with Crippen molar-refractivity contribution in [2.45, 2.75) is 12.8 Å². The van der Waals surface area contributed by atoms with Gasteiger partial charge in [0, 0.05) is 34.8 Å². The molecule has 1 N–H and O–H groups in total. The van der Waals surface area contributed by atoms with Crippen LogP contribution in [0.5, 0.6) is 5.75 Å². The highest BCUT2D eigenvalue weighted by atomic mass is 32.1. The number of nitrogens with one attached hydrogen (secondary N) is 1. The Morgan fingerprint density at radius 2 is 1.93 bits per heavy atom. The minimum Gasteiger partial charge on any atom is -0.492 e. The van der Waals surface area contributed by atoms with E-state index in [4.69, 9.17) is 10.00 Å². The number of aromatic amines is 1. The zero-order chi connectivity index (χ0) is 21.1. The molecule has 2 aromatic carbocycles. The third-order valence-corrected chi connectivity index (χ3v) is 6.03. The topological polar surface area (TPSA) is 69.1 Å². The second-order valence-corrected chi connectivity index (χ2v) is 8.40. The van der Waals surface area contributed by atoms with Crippen LogP contribution in [0.4, 0.5) is 0 Å². The number of nitrogens with zero attached hydrogens (tertiary/aromatic N) is 2. The molecule has 0 unspecified atom stereocenters. The second kappa shape index (κ2) is 8.70. The monoisotopic (exact) mass is 417 g/mol. The SMILES string of the molecule is CN(C)CCOc1ccc2[nH]c(=O)c3sccc3c2c1-c1ccc(CCC#N)cc1. The summed E-state index contributed by atoms with van der Waals surface area (Å²) in [6.45, 7) is 1.38. The molecule has 4 aromatic rings. The molecule has 0 atom stereocenters. The third-order valence-electron chi connectivity index (χ3n) is 5.12. The molecule has 4 rings (SSSR count). The molecule has 0 aliphatic carbocycles. The van der Waals surface area contributed by atoms with Gasteiger partial charge in [-0.05, 0) is 55.2 Å². The number of likely N-dealkylation sites (N-methyl/N-ethyl adjacent to an activating group) is 1. The van der Waals surface area contributed by atoms with E-state index >= 15 is 0 Å². The number of hydrogen-bond donors (Lipinski definition) is 1. The number of thiophene rings is 1. The van der Waals surface area contributed by atoms with Crippen molar-refractivity contribution in [1.29, 1.82) is 5.26 Å². The second-order valence-electron chi connectivity index (χ2n) is 7.49. The summed E-state index contributed by atoms with van der Waals surface area (Å²) in [7, 11) is 4.04. The highest BCUT2D eigenvalue weighted by Crippen LogP contribution is 2.40. The Morgan fingerprint density at radius 3 is 2.67 bits per heavy atom. The van der Waals surface area contributed by atoms with Crippen molar-refractivity contribution in [2.24, 2.45) is 0 Å². The first-order valence-electron chi connectivity index (χ1n) is 9.88.